The Morgan fingerprint density at radius 3 is 2.85 bits per heavy atom. The minimum Gasteiger partial charge on any atom is -0.361 e. The summed E-state index contributed by atoms with van der Waals surface area (Å²) in [5, 5.41) is 8.81. The van der Waals surface area contributed by atoms with E-state index in [4.69, 9.17) is 10.7 Å². The third-order valence-corrected chi connectivity index (χ3v) is 4.87. The lowest BCUT2D eigenvalue weighted by molar-refractivity contribution is 0.543. The van der Waals surface area contributed by atoms with E-state index in [1.807, 2.05) is 48.9 Å². The molecule has 27 heavy (non-hydrogen) atoms. The van der Waals surface area contributed by atoms with Crippen LogP contribution < -0.4 is 16.4 Å². The van der Waals surface area contributed by atoms with Crippen molar-refractivity contribution in [3.05, 3.63) is 78.8 Å². The van der Waals surface area contributed by atoms with Gasteiger partial charge < -0.3 is 26.3 Å². The molecular weight excluding hydrogens is 336 g/mol. The molecule has 5 rings (SSSR count). The number of rotatable bonds is 3. The summed E-state index contributed by atoms with van der Waals surface area (Å²) in [7, 11) is 0. The Balaban J connectivity index is 1.42. The van der Waals surface area contributed by atoms with Crippen molar-refractivity contribution in [1.29, 1.82) is 0 Å². The summed E-state index contributed by atoms with van der Waals surface area (Å²) in [5.41, 5.74) is 10.1. The molecule has 0 radical (unpaired) electrons. The predicted octanol–water partition coefficient (Wildman–Crippen LogP) is 3.43. The summed E-state index contributed by atoms with van der Waals surface area (Å²) in [4.78, 5) is 11.2. The number of hydrogen-bond donors (Lipinski definition) is 5. The fraction of sp³-hybridized carbons (Fsp3) is 0.0952. The quantitative estimate of drug-likeness (QED) is 0.389. The topological polar surface area (TPSA) is 94.0 Å². The number of hydrogen-bond acceptors (Lipinski definition) is 4. The van der Waals surface area contributed by atoms with Crippen molar-refractivity contribution in [3.63, 3.8) is 0 Å². The van der Waals surface area contributed by atoms with Crippen LogP contribution in [0.25, 0.3) is 21.8 Å². The van der Waals surface area contributed by atoms with Crippen LogP contribution in [0.2, 0.25) is 0 Å². The van der Waals surface area contributed by atoms with Crippen LogP contribution >= 0.6 is 0 Å². The largest absolute Gasteiger partial charge is 0.361 e. The SMILES string of the molecule is NC1(Cc2ccc3cc[nH]c3c2)C=CNC(Nc2cccc3[nH]ccc23)=N1. The minimum absolute atomic E-state index is 0.611. The zero-order valence-electron chi connectivity index (χ0n) is 14.7. The number of anilines is 1. The standard InChI is InChI=1S/C21H20N6/c22-21(13-14-4-5-15-6-9-24-19(15)12-14)8-11-25-20(27-21)26-18-3-1-2-17-16(18)7-10-23-17/h1-12,23-24H,13,22H2,(H2,25,26,27). The molecule has 6 heteroatoms. The van der Waals surface area contributed by atoms with Crippen LogP contribution in [0.4, 0.5) is 5.69 Å². The van der Waals surface area contributed by atoms with Gasteiger partial charge >= 0.3 is 0 Å². The molecule has 0 saturated carbocycles. The molecule has 0 aliphatic carbocycles. The summed E-state index contributed by atoms with van der Waals surface area (Å²) >= 11 is 0. The van der Waals surface area contributed by atoms with Gasteiger partial charge in [0.25, 0.3) is 0 Å². The van der Waals surface area contributed by atoms with Crippen molar-refractivity contribution in [2.24, 2.45) is 10.7 Å². The molecule has 1 atom stereocenters. The summed E-state index contributed by atoms with van der Waals surface area (Å²) in [6, 6.07) is 16.5. The van der Waals surface area contributed by atoms with Crippen molar-refractivity contribution >= 4 is 33.5 Å². The molecule has 0 bridgehead atoms. The minimum atomic E-state index is -0.806. The summed E-state index contributed by atoms with van der Waals surface area (Å²) in [5.74, 6) is 0.634. The van der Waals surface area contributed by atoms with E-state index in [1.54, 1.807) is 0 Å². The van der Waals surface area contributed by atoms with Gasteiger partial charge in [-0.15, -0.1) is 0 Å². The second kappa shape index (κ2) is 6.03. The van der Waals surface area contributed by atoms with Crippen molar-refractivity contribution in [2.45, 2.75) is 12.1 Å². The third kappa shape index (κ3) is 2.96. The van der Waals surface area contributed by atoms with Crippen LogP contribution in [0.5, 0.6) is 0 Å². The highest BCUT2D eigenvalue weighted by atomic mass is 15.2. The van der Waals surface area contributed by atoms with Crippen molar-refractivity contribution < 1.29 is 0 Å². The Labute approximate surface area is 156 Å². The number of nitrogens with one attached hydrogen (secondary N) is 4. The molecule has 1 aliphatic heterocycles. The van der Waals surface area contributed by atoms with Crippen molar-refractivity contribution in [3.8, 4) is 0 Å². The molecule has 1 unspecified atom stereocenters. The van der Waals surface area contributed by atoms with Crippen LogP contribution in [0.1, 0.15) is 5.56 Å². The fourth-order valence-electron chi connectivity index (χ4n) is 3.56. The van der Waals surface area contributed by atoms with Gasteiger partial charge in [0.05, 0.1) is 5.69 Å². The molecule has 3 heterocycles. The number of nitrogens with two attached hydrogens (primary N) is 1. The van der Waals surface area contributed by atoms with E-state index in [1.165, 1.54) is 5.39 Å². The normalized spacial score (nSPS) is 19.2. The fourth-order valence-corrected chi connectivity index (χ4v) is 3.56. The number of aliphatic imine (C=N–C) groups is 1. The molecule has 0 amide bonds. The van der Waals surface area contributed by atoms with E-state index < -0.39 is 5.66 Å². The second-order valence-electron chi connectivity index (χ2n) is 6.87. The molecule has 6 N–H and O–H groups in total. The van der Waals surface area contributed by atoms with E-state index in [2.05, 4.69) is 44.9 Å². The Kier molecular flexibility index (Phi) is 3.51. The molecule has 0 fully saturated rings. The summed E-state index contributed by atoms with van der Waals surface area (Å²) in [6.45, 7) is 0. The Hall–Kier alpha value is -3.51. The van der Waals surface area contributed by atoms with Crippen LogP contribution in [0.3, 0.4) is 0 Å². The van der Waals surface area contributed by atoms with Crippen molar-refractivity contribution in [2.75, 3.05) is 5.32 Å². The number of H-pyrrole nitrogens is 2. The first-order valence-corrected chi connectivity index (χ1v) is 8.91. The number of fused-ring (bicyclic) bond motifs is 2. The van der Waals surface area contributed by atoms with Gasteiger partial charge in [0, 0.05) is 41.4 Å². The van der Waals surface area contributed by atoms with Crippen LogP contribution in [-0.4, -0.2) is 21.6 Å². The van der Waals surface area contributed by atoms with Gasteiger partial charge in [-0.1, -0.05) is 18.2 Å². The Bertz CT molecular complexity index is 1180. The van der Waals surface area contributed by atoms with Gasteiger partial charge in [-0.3, -0.25) is 0 Å². The van der Waals surface area contributed by atoms with E-state index in [-0.39, 0.29) is 0 Å². The monoisotopic (exact) mass is 356 g/mol. The first-order chi connectivity index (χ1) is 13.2. The highest BCUT2D eigenvalue weighted by Crippen LogP contribution is 2.24. The number of aromatic amines is 2. The van der Waals surface area contributed by atoms with Crippen LogP contribution in [-0.2, 0) is 6.42 Å². The number of benzene rings is 2. The highest BCUT2D eigenvalue weighted by molar-refractivity contribution is 6.03. The maximum Gasteiger partial charge on any atom is 0.202 e. The average Bonchev–Trinajstić information content (AvgIpc) is 3.30. The van der Waals surface area contributed by atoms with Gasteiger partial charge in [-0.25, -0.2) is 4.99 Å². The van der Waals surface area contributed by atoms with Crippen molar-refractivity contribution in [1.82, 2.24) is 15.3 Å². The zero-order valence-corrected chi connectivity index (χ0v) is 14.7. The Morgan fingerprint density at radius 2 is 1.89 bits per heavy atom. The first-order valence-electron chi connectivity index (χ1n) is 8.91. The van der Waals surface area contributed by atoms with E-state index in [9.17, 15) is 0 Å². The molecule has 0 spiro atoms. The molecule has 4 aromatic rings. The summed E-state index contributed by atoms with van der Waals surface area (Å²) < 4.78 is 0. The van der Waals surface area contributed by atoms with E-state index in [0.717, 1.165) is 27.7 Å². The predicted molar refractivity (Wildman–Crippen MR) is 111 cm³/mol. The molecule has 2 aromatic carbocycles. The molecule has 2 aromatic heterocycles. The van der Waals surface area contributed by atoms with E-state index in [0.29, 0.717) is 12.4 Å². The van der Waals surface area contributed by atoms with Crippen LogP contribution in [0, 0.1) is 0 Å². The number of guanidine groups is 1. The average molecular weight is 356 g/mol. The molecule has 134 valence electrons. The smallest absolute Gasteiger partial charge is 0.202 e. The van der Waals surface area contributed by atoms with Crippen LogP contribution in [0.15, 0.2) is 78.2 Å². The number of aromatic nitrogens is 2. The lowest BCUT2D eigenvalue weighted by Crippen LogP contribution is -2.45. The Morgan fingerprint density at radius 1 is 1.00 bits per heavy atom. The molecule has 6 nitrogen and oxygen atoms in total. The molecular formula is C21H20N6. The highest BCUT2D eigenvalue weighted by Gasteiger charge is 2.25. The van der Waals surface area contributed by atoms with E-state index >= 15 is 0 Å². The third-order valence-electron chi connectivity index (χ3n) is 4.87. The molecule has 0 saturated heterocycles. The van der Waals surface area contributed by atoms with Gasteiger partial charge in [0.15, 0.2) is 0 Å². The lowest BCUT2D eigenvalue weighted by Gasteiger charge is -2.27. The van der Waals surface area contributed by atoms with Gasteiger partial charge in [-0.05, 0) is 47.4 Å². The second-order valence-corrected chi connectivity index (χ2v) is 6.87. The van der Waals surface area contributed by atoms with Gasteiger partial charge in [-0.2, -0.15) is 0 Å². The van der Waals surface area contributed by atoms with Gasteiger partial charge in [0.2, 0.25) is 5.96 Å². The maximum absolute atomic E-state index is 6.58. The maximum atomic E-state index is 6.58. The summed E-state index contributed by atoms with van der Waals surface area (Å²) in [6.07, 6.45) is 8.22. The number of nitrogens with zero attached hydrogens (tertiary/aromatic N) is 1. The lowest BCUT2D eigenvalue weighted by atomic mass is 9.99. The zero-order chi connectivity index (χ0) is 18.3. The first kappa shape index (κ1) is 15.7. The molecule has 1 aliphatic rings. The van der Waals surface area contributed by atoms with Gasteiger partial charge in [0.1, 0.15) is 5.66 Å².